The monoisotopic (exact) mass is 234 g/mol. The zero-order valence-corrected chi connectivity index (χ0v) is 11.2. The van der Waals surface area contributed by atoms with Crippen molar-refractivity contribution >= 4 is 11.8 Å². The molecule has 88 valence electrons. The van der Waals surface area contributed by atoms with Crippen LogP contribution in [0.4, 0.5) is 0 Å². The highest BCUT2D eigenvalue weighted by Crippen LogP contribution is 2.36. The maximum atomic E-state index is 2.43. The van der Waals surface area contributed by atoms with E-state index in [0.29, 0.717) is 0 Å². The molecule has 1 aliphatic rings. The summed E-state index contributed by atoms with van der Waals surface area (Å²) in [5.41, 5.74) is 0. The second kappa shape index (κ2) is 5.77. The zero-order chi connectivity index (χ0) is 11.4. The Balaban J connectivity index is 1.85. The minimum absolute atomic E-state index is 0.924. The molecule has 0 radical (unpaired) electrons. The maximum Gasteiger partial charge on any atom is 0.00720 e. The predicted octanol–water partition coefficient (Wildman–Crippen LogP) is 4.85. The lowest BCUT2D eigenvalue weighted by molar-refractivity contribution is 0.224. The second-order valence-corrected chi connectivity index (χ2v) is 6.37. The van der Waals surface area contributed by atoms with E-state index in [1.165, 1.54) is 29.9 Å². The lowest BCUT2D eigenvalue weighted by Crippen LogP contribution is -2.23. The van der Waals surface area contributed by atoms with Crippen LogP contribution in [-0.4, -0.2) is 5.75 Å². The molecule has 0 nitrogen and oxygen atoms in total. The predicted molar refractivity (Wildman–Crippen MR) is 72.8 cm³/mol. The van der Waals surface area contributed by atoms with Crippen LogP contribution in [0.5, 0.6) is 0 Å². The van der Waals surface area contributed by atoms with Crippen molar-refractivity contribution in [3.63, 3.8) is 0 Å². The average molecular weight is 234 g/mol. The summed E-state index contributed by atoms with van der Waals surface area (Å²) >= 11 is 2.03. The highest BCUT2D eigenvalue weighted by molar-refractivity contribution is 7.99. The van der Waals surface area contributed by atoms with Crippen LogP contribution in [0.3, 0.4) is 0 Å². The SMILES string of the molecule is CC1CCC(C)C(CSc2ccccc2)C1. The van der Waals surface area contributed by atoms with Gasteiger partial charge in [0.05, 0.1) is 0 Å². The van der Waals surface area contributed by atoms with E-state index in [1.54, 1.807) is 0 Å². The van der Waals surface area contributed by atoms with E-state index < -0.39 is 0 Å². The molecule has 1 saturated carbocycles. The second-order valence-electron chi connectivity index (χ2n) is 5.28. The molecule has 0 spiro atoms. The average Bonchev–Trinajstić information content (AvgIpc) is 2.32. The Morgan fingerprint density at radius 3 is 2.62 bits per heavy atom. The summed E-state index contributed by atoms with van der Waals surface area (Å²) in [7, 11) is 0. The Hall–Kier alpha value is -0.430. The van der Waals surface area contributed by atoms with E-state index in [9.17, 15) is 0 Å². The van der Waals surface area contributed by atoms with Gasteiger partial charge in [-0.25, -0.2) is 0 Å². The smallest absolute Gasteiger partial charge is 0.00720 e. The van der Waals surface area contributed by atoms with Gasteiger partial charge in [-0.15, -0.1) is 11.8 Å². The number of hydrogen-bond acceptors (Lipinski definition) is 1. The van der Waals surface area contributed by atoms with Gasteiger partial charge < -0.3 is 0 Å². The molecule has 0 aromatic heterocycles. The van der Waals surface area contributed by atoms with Gasteiger partial charge in [0.1, 0.15) is 0 Å². The van der Waals surface area contributed by atoms with Gasteiger partial charge in [0, 0.05) is 10.6 Å². The molecule has 0 N–H and O–H groups in total. The Kier molecular flexibility index (Phi) is 4.34. The molecule has 0 aliphatic heterocycles. The van der Waals surface area contributed by atoms with Crippen molar-refractivity contribution < 1.29 is 0 Å². The van der Waals surface area contributed by atoms with Crippen molar-refractivity contribution in [1.82, 2.24) is 0 Å². The molecule has 0 saturated heterocycles. The van der Waals surface area contributed by atoms with Crippen LogP contribution >= 0.6 is 11.8 Å². The molecule has 3 unspecified atom stereocenters. The Morgan fingerprint density at radius 2 is 1.88 bits per heavy atom. The summed E-state index contributed by atoms with van der Waals surface area (Å²) in [6.07, 6.45) is 4.30. The first kappa shape index (κ1) is 12.0. The van der Waals surface area contributed by atoms with E-state index >= 15 is 0 Å². The largest absolute Gasteiger partial charge is 0.126 e. The number of thioether (sulfide) groups is 1. The molecule has 0 amide bonds. The quantitative estimate of drug-likeness (QED) is 0.674. The standard InChI is InChI=1S/C15H22S/c1-12-8-9-13(2)14(10-12)11-16-15-6-4-3-5-7-15/h3-7,12-14H,8-11H2,1-2H3. The number of hydrogen-bond donors (Lipinski definition) is 0. The summed E-state index contributed by atoms with van der Waals surface area (Å²) < 4.78 is 0. The van der Waals surface area contributed by atoms with E-state index in [-0.39, 0.29) is 0 Å². The van der Waals surface area contributed by atoms with Gasteiger partial charge in [-0.1, -0.05) is 44.9 Å². The van der Waals surface area contributed by atoms with Crippen LogP contribution in [0, 0.1) is 17.8 Å². The molecule has 0 bridgehead atoms. The van der Waals surface area contributed by atoms with Crippen molar-refractivity contribution in [2.24, 2.45) is 17.8 Å². The third-order valence-electron chi connectivity index (χ3n) is 3.83. The van der Waals surface area contributed by atoms with Crippen molar-refractivity contribution in [2.45, 2.75) is 38.0 Å². The Labute approximate surface area is 104 Å². The Morgan fingerprint density at radius 1 is 1.12 bits per heavy atom. The van der Waals surface area contributed by atoms with Crippen LogP contribution < -0.4 is 0 Å². The molecule has 0 heterocycles. The molecule has 2 rings (SSSR count). The molecular formula is C15H22S. The number of benzene rings is 1. The van der Waals surface area contributed by atoms with Crippen molar-refractivity contribution in [3.05, 3.63) is 30.3 Å². The van der Waals surface area contributed by atoms with E-state index in [1.807, 2.05) is 11.8 Å². The molecule has 1 fully saturated rings. The fourth-order valence-electron chi connectivity index (χ4n) is 2.60. The topological polar surface area (TPSA) is 0 Å². The zero-order valence-electron chi connectivity index (χ0n) is 10.4. The highest BCUT2D eigenvalue weighted by Gasteiger charge is 2.25. The maximum absolute atomic E-state index is 2.43. The van der Waals surface area contributed by atoms with Crippen molar-refractivity contribution in [1.29, 1.82) is 0 Å². The molecule has 1 aromatic carbocycles. The summed E-state index contributed by atoms with van der Waals surface area (Å²) in [5.74, 6) is 4.09. The lowest BCUT2D eigenvalue weighted by atomic mass is 9.76. The first-order valence-corrected chi connectivity index (χ1v) is 7.42. The van der Waals surface area contributed by atoms with Crippen LogP contribution in [-0.2, 0) is 0 Å². The van der Waals surface area contributed by atoms with Gasteiger partial charge >= 0.3 is 0 Å². The molecule has 1 aromatic rings. The van der Waals surface area contributed by atoms with Gasteiger partial charge in [-0.05, 0) is 36.3 Å². The lowest BCUT2D eigenvalue weighted by Gasteiger charge is -2.32. The van der Waals surface area contributed by atoms with E-state index in [4.69, 9.17) is 0 Å². The minimum Gasteiger partial charge on any atom is -0.126 e. The molecule has 1 aliphatic carbocycles. The van der Waals surface area contributed by atoms with E-state index in [2.05, 4.69) is 44.2 Å². The highest BCUT2D eigenvalue weighted by atomic mass is 32.2. The third-order valence-corrected chi connectivity index (χ3v) is 5.03. The van der Waals surface area contributed by atoms with Gasteiger partial charge in [0.2, 0.25) is 0 Å². The summed E-state index contributed by atoms with van der Waals surface area (Å²) in [5, 5.41) is 0. The normalized spacial score (nSPS) is 30.2. The Bertz CT molecular complexity index is 306. The van der Waals surface area contributed by atoms with Gasteiger partial charge in [0.15, 0.2) is 0 Å². The van der Waals surface area contributed by atoms with E-state index in [0.717, 1.165) is 17.8 Å². The van der Waals surface area contributed by atoms with Crippen LogP contribution in [0.1, 0.15) is 33.1 Å². The fraction of sp³-hybridized carbons (Fsp3) is 0.600. The van der Waals surface area contributed by atoms with Crippen molar-refractivity contribution in [3.8, 4) is 0 Å². The van der Waals surface area contributed by atoms with Crippen LogP contribution in [0.2, 0.25) is 0 Å². The summed E-state index contributed by atoms with van der Waals surface area (Å²) in [6, 6.07) is 10.8. The van der Waals surface area contributed by atoms with Gasteiger partial charge in [-0.3, -0.25) is 0 Å². The molecule has 1 heteroatoms. The summed E-state index contributed by atoms with van der Waals surface area (Å²) in [4.78, 5) is 1.42. The van der Waals surface area contributed by atoms with Gasteiger partial charge in [-0.2, -0.15) is 0 Å². The minimum atomic E-state index is 0.924. The van der Waals surface area contributed by atoms with Crippen LogP contribution in [0.25, 0.3) is 0 Å². The molecular weight excluding hydrogens is 212 g/mol. The molecule has 3 atom stereocenters. The number of rotatable bonds is 3. The first-order chi connectivity index (χ1) is 7.75. The molecule has 16 heavy (non-hydrogen) atoms. The summed E-state index contributed by atoms with van der Waals surface area (Å²) in [6.45, 7) is 4.84. The third kappa shape index (κ3) is 3.28. The van der Waals surface area contributed by atoms with Crippen molar-refractivity contribution in [2.75, 3.05) is 5.75 Å². The van der Waals surface area contributed by atoms with Crippen LogP contribution in [0.15, 0.2) is 35.2 Å². The van der Waals surface area contributed by atoms with Gasteiger partial charge in [0.25, 0.3) is 0 Å². The fourth-order valence-corrected chi connectivity index (χ4v) is 3.82. The first-order valence-electron chi connectivity index (χ1n) is 6.43.